The van der Waals surface area contributed by atoms with Gasteiger partial charge >= 0.3 is 5.97 Å². The van der Waals surface area contributed by atoms with Gasteiger partial charge in [-0.25, -0.2) is 5.43 Å². The molecule has 0 radical (unpaired) electrons. The van der Waals surface area contributed by atoms with Gasteiger partial charge in [-0.3, -0.25) is 19.7 Å². The number of nitrogens with zero attached hydrogens (tertiary/aromatic N) is 2. The summed E-state index contributed by atoms with van der Waals surface area (Å²) < 4.78 is 5.00. The molecule has 1 aromatic rings. The lowest BCUT2D eigenvalue weighted by Crippen LogP contribution is -2.28. The maximum atomic E-state index is 12.0. The molecule has 8 nitrogen and oxygen atoms in total. The van der Waals surface area contributed by atoms with E-state index in [9.17, 15) is 19.7 Å². The van der Waals surface area contributed by atoms with Crippen molar-refractivity contribution in [3.8, 4) is 0 Å². The van der Waals surface area contributed by atoms with Crippen LogP contribution in [0.1, 0.15) is 44.0 Å². The molecule has 0 heterocycles. The van der Waals surface area contributed by atoms with Crippen molar-refractivity contribution in [3.05, 3.63) is 39.9 Å². The van der Waals surface area contributed by atoms with Gasteiger partial charge < -0.3 is 4.74 Å². The number of carbonyl (C=O) groups is 2. The quantitative estimate of drug-likeness (QED) is 0.340. The molecule has 130 valence electrons. The molecule has 1 atom stereocenters. The molecule has 0 aromatic heterocycles. The molecule has 1 rings (SSSR count). The van der Waals surface area contributed by atoms with Crippen molar-refractivity contribution in [2.45, 2.75) is 33.6 Å². The summed E-state index contributed by atoms with van der Waals surface area (Å²) in [5.41, 5.74) is 2.68. The lowest BCUT2D eigenvalue weighted by Gasteiger charge is -2.14. The Balaban J connectivity index is 2.84. The zero-order valence-corrected chi connectivity index (χ0v) is 13.9. The molecule has 0 saturated carbocycles. The van der Waals surface area contributed by atoms with Gasteiger partial charge in [0, 0.05) is 23.4 Å². The maximum Gasteiger partial charge on any atom is 0.314 e. The van der Waals surface area contributed by atoms with Gasteiger partial charge in [-0.2, -0.15) is 5.10 Å². The Morgan fingerprint density at radius 1 is 1.38 bits per heavy atom. The Bertz CT molecular complexity index is 642. The lowest BCUT2D eigenvalue weighted by molar-refractivity contribution is -0.384. The van der Waals surface area contributed by atoms with Crippen LogP contribution in [0.25, 0.3) is 0 Å². The minimum absolute atomic E-state index is 0.115. The van der Waals surface area contributed by atoms with Crippen LogP contribution in [0, 0.1) is 16.0 Å². The summed E-state index contributed by atoms with van der Waals surface area (Å²) >= 11 is 0. The predicted molar refractivity (Wildman–Crippen MR) is 88.7 cm³/mol. The number of esters is 1. The highest BCUT2D eigenvalue weighted by molar-refractivity contribution is 6.02. The molecule has 0 aliphatic carbocycles. The Morgan fingerprint density at radius 3 is 2.67 bits per heavy atom. The summed E-state index contributed by atoms with van der Waals surface area (Å²) in [6.07, 6.45) is 1.32. The second kappa shape index (κ2) is 9.39. The summed E-state index contributed by atoms with van der Waals surface area (Å²) in [4.78, 5) is 34.1. The molecular formula is C16H21N3O5. The first kappa shape index (κ1) is 19.3. The van der Waals surface area contributed by atoms with Crippen molar-refractivity contribution in [3.63, 3.8) is 0 Å². The number of nitrogens with one attached hydrogen (secondary N) is 1. The van der Waals surface area contributed by atoms with E-state index in [4.69, 9.17) is 4.74 Å². The van der Waals surface area contributed by atoms with E-state index in [0.29, 0.717) is 12.1 Å². The average Bonchev–Trinajstić information content (AvgIpc) is 2.57. The van der Waals surface area contributed by atoms with E-state index >= 15 is 0 Å². The Labute approximate surface area is 140 Å². The minimum atomic E-state index is -0.586. The number of hydrogen-bond acceptors (Lipinski definition) is 6. The number of benzene rings is 1. The van der Waals surface area contributed by atoms with E-state index in [-0.39, 0.29) is 23.8 Å². The third-order valence-corrected chi connectivity index (χ3v) is 3.31. The van der Waals surface area contributed by atoms with Crippen LogP contribution in [0.5, 0.6) is 0 Å². The van der Waals surface area contributed by atoms with Gasteiger partial charge in [-0.05, 0) is 26.3 Å². The largest absolute Gasteiger partial charge is 0.465 e. The first-order chi connectivity index (χ1) is 11.4. The van der Waals surface area contributed by atoms with E-state index in [1.165, 1.54) is 18.2 Å². The van der Waals surface area contributed by atoms with Crippen molar-refractivity contribution in [1.82, 2.24) is 5.43 Å². The SMILES string of the molecule is CCC[C@H](C(=O)OCC)/C(C)=N\NC(=O)c1cccc([N+](=O)[O-])c1. The zero-order chi connectivity index (χ0) is 18.1. The third kappa shape index (κ3) is 5.45. The van der Waals surface area contributed by atoms with Gasteiger partial charge in [0.05, 0.1) is 17.4 Å². The zero-order valence-electron chi connectivity index (χ0n) is 13.9. The van der Waals surface area contributed by atoms with E-state index in [1.807, 2.05) is 6.92 Å². The Hall–Kier alpha value is -2.77. The summed E-state index contributed by atoms with van der Waals surface area (Å²) in [7, 11) is 0. The van der Waals surface area contributed by atoms with E-state index in [0.717, 1.165) is 12.5 Å². The first-order valence-electron chi connectivity index (χ1n) is 7.66. The highest BCUT2D eigenvalue weighted by Crippen LogP contribution is 2.14. The number of rotatable bonds is 8. The second-order valence-electron chi connectivity index (χ2n) is 5.09. The summed E-state index contributed by atoms with van der Waals surface area (Å²) in [5.74, 6) is -1.50. The number of carbonyl (C=O) groups excluding carboxylic acids is 2. The molecule has 0 fully saturated rings. The molecular weight excluding hydrogens is 314 g/mol. The fourth-order valence-corrected chi connectivity index (χ4v) is 2.07. The molecule has 1 amide bonds. The van der Waals surface area contributed by atoms with E-state index in [1.54, 1.807) is 13.8 Å². The molecule has 0 bridgehead atoms. The smallest absolute Gasteiger partial charge is 0.314 e. The summed E-state index contributed by atoms with van der Waals surface area (Å²) in [5, 5.41) is 14.7. The normalized spacial score (nSPS) is 12.4. The first-order valence-corrected chi connectivity index (χ1v) is 7.66. The number of amides is 1. The summed E-state index contributed by atoms with van der Waals surface area (Å²) in [6.45, 7) is 5.55. The number of nitro groups is 1. The number of non-ortho nitro benzene ring substituents is 1. The third-order valence-electron chi connectivity index (χ3n) is 3.31. The van der Waals surface area contributed by atoms with Crippen LogP contribution in [0.15, 0.2) is 29.4 Å². The highest BCUT2D eigenvalue weighted by Gasteiger charge is 2.22. The van der Waals surface area contributed by atoms with Gasteiger partial charge in [0.1, 0.15) is 0 Å². The average molecular weight is 335 g/mol. The topological polar surface area (TPSA) is 111 Å². The van der Waals surface area contributed by atoms with Crippen LogP contribution in [-0.4, -0.2) is 29.1 Å². The molecule has 8 heteroatoms. The van der Waals surface area contributed by atoms with Crippen molar-refractivity contribution in [2.24, 2.45) is 11.0 Å². The standard InChI is InChI=1S/C16H21N3O5/c1-4-7-14(16(21)24-5-2)11(3)17-18-15(20)12-8-6-9-13(10-12)19(22)23/h6,8-10,14H,4-5,7H2,1-3H3,(H,18,20)/b17-11-/t14-/m0/s1. The predicted octanol–water partition coefficient (Wildman–Crippen LogP) is 2.68. The van der Waals surface area contributed by atoms with Gasteiger partial charge in [0.25, 0.3) is 11.6 Å². The van der Waals surface area contributed by atoms with Crippen molar-refractivity contribution >= 4 is 23.3 Å². The Morgan fingerprint density at radius 2 is 2.08 bits per heavy atom. The van der Waals surface area contributed by atoms with Crippen LogP contribution in [0.4, 0.5) is 5.69 Å². The van der Waals surface area contributed by atoms with E-state index in [2.05, 4.69) is 10.5 Å². The van der Waals surface area contributed by atoms with Gasteiger partial charge in [-0.15, -0.1) is 0 Å². The van der Waals surface area contributed by atoms with Crippen LogP contribution >= 0.6 is 0 Å². The maximum absolute atomic E-state index is 12.0. The van der Waals surface area contributed by atoms with Crippen LogP contribution in [0.2, 0.25) is 0 Å². The lowest BCUT2D eigenvalue weighted by atomic mass is 9.99. The molecule has 0 saturated heterocycles. The number of hydrogen-bond donors (Lipinski definition) is 1. The van der Waals surface area contributed by atoms with Crippen molar-refractivity contribution in [2.75, 3.05) is 6.61 Å². The summed E-state index contributed by atoms with van der Waals surface area (Å²) in [6, 6.07) is 5.32. The van der Waals surface area contributed by atoms with E-state index < -0.39 is 16.7 Å². The van der Waals surface area contributed by atoms with Gasteiger partial charge in [0.2, 0.25) is 0 Å². The molecule has 24 heavy (non-hydrogen) atoms. The molecule has 0 aliphatic heterocycles. The number of nitro benzene ring substituents is 1. The van der Waals surface area contributed by atoms with Crippen molar-refractivity contribution in [1.29, 1.82) is 0 Å². The second-order valence-corrected chi connectivity index (χ2v) is 5.09. The van der Waals surface area contributed by atoms with Crippen LogP contribution < -0.4 is 5.43 Å². The monoisotopic (exact) mass is 335 g/mol. The number of ether oxygens (including phenoxy) is 1. The molecule has 0 spiro atoms. The van der Waals surface area contributed by atoms with Crippen LogP contribution in [-0.2, 0) is 9.53 Å². The fraction of sp³-hybridized carbons (Fsp3) is 0.438. The molecule has 0 aliphatic rings. The van der Waals surface area contributed by atoms with Gasteiger partial charge in [0.15, 0.2) is 0 Å². The fourth-order valence-electron chi connectivity index (χ4n) is 2.07. The molecule has 1 N–H and O–H groups in total. The highest BCUT2D eigenvalue weighted by atomic mass is 16.6. The molecule has 0 unspecified atom stereocenters. The number of hydrazone groups is 1. The van der Waals surface area contributed by atoms with Crippen LogP contribution in [0.3, 0.4) is 0 Å². The Kier molecular flexibility index (Phi) is 7.54. The molecule has 1 aromatic carbocycles. The van der Waals surface area contributed by atoms with Crippen molar-refractivity contribution < 1.29 is 19.2 Å². The van der Waals surface area contributed by atoms with Gasteiger partial charge in [-0.1, -0.05) is 19.4 Å². The minimum Gasteiger partial charge on any atom is -0.465 e.